The minimum Gasteiger partial charge on any atom is -0.462 e. The molecule has 0 aliphatic heterocycles. The third-order valence-electron chi connectivity index (χ3n) is 3.66. The summed E-state index contributed by atoms with van der Waals surface area (Å²) >= 11 is 0. The van der Waals surface area contributed by atoms with Gasteiger partial charge in [-0.3, -0.25) is 14.9 Å². The van der Waals surface area contributed by atoms with Crippen LogP contribution in [0.3, 0.4) is 0 Å². The Labute approximate surface area is 149 Å². The number of amides is 1. The monoisotopic (exact) mass is 358 g/mol. The van der Waals surface area contributed by atoms with Gasteiger partial charge in [0, 0.05) is 23.4 Å². The van der Waals surface area contributed by atoms with Gasteiger partial charge in [0.15, 0.2) is 0 Å². The third-order valence-corrected chi connectivity index (χ3v) is 3.66. The molecule has 1 heterocycles. The SMILES string of the molecule is CCOC(=O)c1c(C)[nH]c(/C=N/NC(=O)c2ccc([N+](=O)[O-])cc2)c1C. The molecule has 2 rings (SSSR count). The molecule has 0 aliphatic rings. The van der Waals surface area contributed by atoms with Crippen molar-refractivity contribution in [3.05, 3.63) is 62.5 Å². The van der Waals surface area contributed by atoms with Gasteiger partial charge in [-0.1, -0.05) is 0 Å². The second-order valence-electron chi connectivity index (χ2n) is 5.39. The van der Waals surface area contributed by atoms with E-state index in [1.165, 1.54) is 30.5 Å². The zero-order valence-corrected chi connectivity index (χ0v) is 14.5. The van der Waals surface area contributed by atoms with Crippen LogP contribution >= 0.6 is 0 Å². The Morgan fingerprint density at radius 3 is 2.54 bits per heavy atom. The maximum Gasteiger partial charge on any atom is 0.340 e. The van der Waals surface area contributed by atoms with Crippen molar-refractivity contribution in [2.75, 3.05) is 6.61 Å². The van der Waals surface area contributed by atoms with Gasteiger partial charge < -0.3 is 9.72 Å². The Bertz CT molecular complexity index is 868. The highest BCUT2D eigenvalue weighted by atomic mass is 16.6. The summed E-state index contributed by atoms with van der Waals surface area (Å²) in [5.41, 5.74) is 4.77. The fraction of sp³-hybridized carbons (Fsp3) is 0.235. The van der Waals surface area contributed by atoms with E-state index in [0.717, 1.165) is 0 Å². The molecule has 1 aromatic heterocycles. The zero-order valence-electron chi connectivity index (χ0n) is 14.5. The first kappa shape index (κ1) is 18.8. The van der Waals surface area contributed by atoms with Crippen LogP contribution in [-0.4, -0.2) is 34.6 Å². The van der Waals surface area contributed by atoms with Crippen molar-refractivity contribution in [2.45, 2.75) is 20.8 Å². The summed E-state index contributed by atoms with van der Waals surface area (Å²) in [4.78, 5) is 37.0. The first-order valence-electron chi connectivity index (χ1n) is 7.79. The maximum absolute atomic E-state index is 12.0. The van der Waals surface area contributed by atoms with Gasteiger partial charge in [0.2, 0.25) is 0 Å². The van der Waals surface area contributed by atoms with E-state index in [-0.39, 0.29) is 17.9 Å². The standard InChI is InChI=1S/C17H18N4O5/c1-4-26-17(23)15-10(2)14(19-11(15)3)9-18-20-16(22)12-5-7-13(8-6-12)21(24)25/h5-9,19H,4H2,1-3H3,(H,20,22)/b18-9+. The number of carbonyl (C=O) groups is 2. The lowest BCUT2D eigenvalue weighted by Gasteiger charge is -2.02. The summed E-state index contributed by atoms with van der Waals surface area (Å²) in [7, 11) is 0. The molecule has 0 unspecified atom stereocenters. The van der Waals surface area contributed by atoms with Crippen LogP contribution in [0.25, 0.3) is 0 Å². The highest BCUT2D eigenvalue weighted by Crippen LogP contribution is 2.17. The normalized spacial score (nSPS) is 10.7. The van der Waals surface area contributed by atoms with E-state index in [1.807, 2.05) is 0 Å². The Balaban J connectivity index is 2.08. The number of rotatable bonds is 6. The number of benzene rings is 1. The van der Waals surface area contributed by atoms with E-state index >= 15 is 0 Å². The number of ether oxygens (including phenoxy) is 1. The Kier molecular flexibility index (Phi) is 5.84. The summed E-state index contributed by atoms with van der Waals surface area (Å²) in [5, 5.41) is 14.5. The van der Waals surface area contributed by atoms with Crippen molar-refractivity contribution in [2.24, 2.45) is 5.10 Å². The number of hydrogen-bond acceptors (Lipinski definition) is 6. The van der Waals surface area contributed by atoms with Gasteiger partial charge in [-0.2, -0.15) is 5.10 Å². The van der Waals surface area contributed by atoms with E-state index in [0.29, 0.717) is 22.5 Å². The molecule has 0 bridgehead atoms. The summed E-state index contributed by atoms with van der Waals surface area (Å²) in [6.45, 7) is 5.49. The van der Waals surface area contributed by atoms with Crippen molar-refractivity contribution >= 4 is 23.8 Å². The molecule has 0 fully saturated rings. The molecule has 0 saturated carbocycles. The van der Waals surface area contributed by atoms with Crippen molar-refractivity contribution in [1.82, 2.24) is 10.4 Å². The fourth-order valence-electron chi connectivity index (χ4n) is 2.37. The minimum absolute atomic E-state index is 0.103. The molecule has 1 amide bonds. The first-order valence-corrected chi connectivity index (χ1v) is 7.79. The highest BCUT2D eigenvalue weighted by molar-refractivity contribution is 5.97. The molecule has 26 heavy (non-hydrogen) atoms. The van der Waals surface area contributed by atoms with E-state index in [1.54, 1.807) is 20.8 Å². The topological polar surface area (TPSA) is 127 Å². The summed E-state index contributed by atoms with van der Waals surface area (Å²) in [5.74, 6) is -0.934. The zero-order chi connectivity index (χ0) is 19.3. The molecule has 2 N–H and O–H groups in total. The summed E-state index contributed by atoms with van der Waals surface area (Å²) in [6.07, 6.45) is 1.38. The smallest absolute Gasteiger partial charge is 0.340 e. The highest BCUT2D eigenvalue weighted by Gasteiger charge is 2.18. The van der Waals surface area contributed by atoms with Crippen LogP contribution in [0.15, 0.2) is 29.4 Å². The van der Waals surface area contributed by atoms with Crippen LogP contribution in [0, 0.1) is 24.0 Å². The number of esters is 1. The number of aromatic amines is 1. The van der Waals surface area contributed by atoms with Crippen LogP contribution in [0.2, 0.25) is 0 Å². The number of nitro groups is 1. The molecule has 136 valence electrons. The van der Waals surface area contributed by atoms with E-state index in [4.69, 9.17) is 4.74 Å². The average molecular weight is 358 g/mol. The second kappa shape index (κ2) is 8.06. The molecule has 9 heteroatoms. The molecule has 0 spiro atoms. The number of aryl methyl sites for hydroxylation is 1. The van der Waals surface area contributed by atoms with Gasteiger partial charge in [-0.15, -0.1) is 0 Å². The van der Waals surface area contributed by atoms with Crippen molar-refractivity contribution in [1.29, 1.82) is 0 Å². The predicted molar refractivity (Wildman–Crippen MR) is 94.4 cm³/mol. The summed E-state index contributed by atoms with van der Waals surface area (Å²) in [6, 6.07) is 5.16. The number of hydrogen-bond donors (Lipinski definition) is 2. The molecular formula is C17H18N4O5. The van der Waals surface area contributed by atoms with E-state index in [9.17, 15) is 19.7 Å². The largest absolute Gasteiger partial charge is 0.462 e. The van der Waals surface area contributed by atoms with Crippen molar-refractivity contribution < 1.29 is 19.2 Å². The van der Waals surface area contributed by atoms with Gasteiger partial charge in [0.25, 0.3) is 11.6 Å². The van der Waals surface area contributed by atoms with Gasteiger partial charge in [0.1, 0.15) is 0 Å². The van der Waals surface area contributed by atoms with Gasteiger partial charge in [0.05, 0.1) is 29.0 Å². The summed E-state index contributed by atoms with van der Waals surface area (Å²) < 4.78 is 5.01. The van der Waals surface area contributed by atoms with Crippen LogP contribution < -0.4 is 5.43 Å². The van der Waals surface area contributed by atoms with Gasteiger partial charge in [-0.25, -0.2) is 10.2 Å². The van der Waals surface area contributed by atoms with Crippen LogP contribution in [0.5, 0.6) is 0 Å². The Hall–Kier alpha value is -3.49. The van der Waals surface area contributed by atoms with Crippen LogP contribution in [-0.2, 0) is 4.74 Å². The Morgan fingerprint density at radius 2 is 1.96 bits per heavy atom. The molecule has 0 atom stereocenters. The Morgan fingerprint density at radius 1 is 1.31 bits per heavy atom. The number of aromatic nitrogens is 1. The quantitative estimate of drug-likeness (QED) is 0.355. The van der Waals surface area contributed by atoms with Crippen LogP contribution in [0.4, 0.5) is 5.69 Å². The fourth-order valence-corrected chi connectivity index (χ4v) is 2.37. The lowest BCUT2D eigenvalue weighted by Crippen LogP contribution is -2.17. The number of carbonyl (C=O) groups excluding carboxylic acids is 2. The van der Waals surface area contributed by atoms with Gasteiger partial charge in [-0.05, 0) is 38.5 Å². The lowest BCUT2D eigenvalue weighted by molar-refractivity contribution is -0.384. The average Bonchev–Trinajstić information content (AvgIpc) is 2.89. The van der Waals surface area contributed by atoms with Gasteiger partial charge >= 0.3 is 5.97 Å². The molecule has 0 aliphatic carbocycles. The molecule has 0 saturated heterocycles. The van der Waals surface area contributed by atoms with Crippen molar-refractivity contribution in [3.63, 3.8) is 0 Å². The second-order valence-corrected chi connectivity index (χ2v) is 5.39. The van der Waals surface area contributed by atoms with E-state index < -0.39 is 16.8 Å². The molecule has 0 radical (unpaired) electrons. The molecule has 2 aromatic rings. The number of nitro benzene ring substituents is 1. The number of hydrazone groups is 1. The number of H-pyrrole nitrogens is 1. The van der Waals surface area contributed by atoms with E-state index in [2.05, 4.69) is 15.5 Å². The van der Waals surface area contributed by atoms with Crippen LogP contribution in [0.1, 0.15) is 44.6 Å². The van der Waals surface area contributed by atoms with Crippen molar-refractivity contribution in [3.8, 4) is 0 Å². The molecule has 1 aromatic carbocycles. The maximum atomic E-state index is 12.0. The number of non-ortho nitro benzene ring substituents is 1. The molecular weight excluding hydrogens is 340 g/mol. The minimum atomic E-state index is -0.544. The lowest BCUT2D eigenvalue weighted by atomic mass is 10.1. The number of nitrogens with one attached hydrogen (secondary N) is 2. The first-order chi connectivity index (χ1) is 12.3. The predicted octanol–water partition coefficient (Wildman–Crippen LogP) is 2.48. The molecule has 9 nitrogen and oxygen atoms in total. The number of nitrogens with zero attached hydrogens (tertiary/aromatic N) is 2. The third kappa shape index (κ3) is 4.12.